The van der Waals surface area contributed by atoms with Crippen molar-refractivity contribution < 1.29 is 0 Å². The first-order chi connectivity index (χ1) is 27.5. The van der Waals surface area contributed by atoms with E-state index in [-0.39, 0.29) is 5.41 Å². The van der Waals surface area contributed by atoms with Gasteiger partial charge in [0.1, 0.15) is 0 Å². The first kappa shape index (κ1) is 32.3. The van der Waals surface area contributed by atoms with Gasteiger partial charge in [0, 0.05) is 52.2 Å². The monoisotopic (exact) mass is 715 g/mol. The number of para-hydroxylation sites is 2. The number of hydrogen-bond acceptors (Lipinski definition) is 3. The molecule has 0 unspecified atom stereocenters. The minimum Gasteiger partial charge on any atom is -0.310 e. The van der Waals surface area contributed by atoms with E-state index < -0.39 is 0 Å². The fraction of sp³-hybridized carbons (Fsp3) is 0.0566. The van der Waals surface area contributed by atoms with Gasteiger partial charge in [-0.2, -0.15) is 0 Å². The van der Waals surface area contributed by atoms with Crippen molar-refractivity contribution in [3.8, 4) is 44.6 Å². The van der Waals surface area contributed by atoms with Gasteiger partial charge in [0.25, 0.3) is 0 Å². The SMILES string of the molecule is CC1(C)c2cc(-c3ccc4ccc5c(-c6ccc(-c7ccncc7)cn6)ccc6ccc3c4c65)ccc2-c2ccc(N(c3ccccc3)c3ccccc3)cc21. The topological polar surface area (TPSA) is 29.0 Å². The molecule has 0 radical (unpaired) electrons. The molecular weight excluding hydrogens is 679 g/mol. The third kappa shape index (κ3) is 4.98. The summed E-state index contributed by atoms with van der Waals surface area (Å²) in [6, 6.07) is 62.0. The molecule has 2 aromatic heterocycles. The molecule has 0 fully saturated rings. The molecule has 0 aliphatic heterocycles. The van der Waals surface area contributed by atoms with Crippen molar-refractivity contribution in [2.24, 2.45) is 0 Å². The Balaban J connectivity index is 1.01. The molecule has 0 bridgehead atoms. The molecule has 0 atom stereocenters. The average molecular weight is 716 g/mol. The summed E-state index contributed by atoms with van der Waals surface area (Å²) in [4.78, 5) is 11.5. The van der Waals surface area contributed by atoms with E-state index in [1.165, 1.54) is 65.7 Å². The van der Waals surface area contributed by atoms with Crippen LogP contribution in [-0.2, 0) is 5.41 Å². The second kappa shape index (κ2) is 12.5. The van der Waals surface area contributed by atoms with Crippen LogP contribution in [0.3, 0.4) is 0 Å². The van der Waals surface area contributed by atoms with E-state index in [0.717, 1.165) is 39.4 Å². The lowest BCUT2D eigenvalue weighted by molar-refractivity contribution is 0.660. The molecule has 0 saturated heterocycles. The molecule has 1 aliphatic rings. The van der Waals surface area contributed by atoms with Crippen molar-refractivity contribution in [2.75, 3.05) is 4.90 Å². The lowest BCUT2D eigenvalue weighted by atomic mass is 9.81. The van der Waals surface area contributed by atoms with Gasteiger partial charge in [0.2, 0.25) is 0 Å². The van der Waals surface area contributed by atoms with Crippen LogP contribution in [0.15, 0.2) is 188 Å². The summed E-state index contributed by atoms with van der Waals surface area (Å²) in [5.74, 6) is 0. The highest BCUT2D eigenvalue weighted by Gasteiger charge is 2.36. The number of anilines is 3. The second-order valence-corrected chi connectivity index (χ2v) is 15.4. The minimum absolute atomic E-state index is 0.186. The quantitative estimate of drug-likeness (QED) is 0.161. The van der Waals surface area contributed by atoms with Crippen molar-refractivity contribution in [3.63, 3.8) is 0 Å². The van der Waals surface area contributed by atoms with Crippen molar-refractivity contribution in [1.29, 1.82) is 0 Å². The summed E-state index contributed by atoms with van der Waals surface area (Å²) in [5.41, 5.74) is 15.4. The lowest BCUT2D eigenvalue weighted by Crippen LogP contribution is -2.16. The molecule has 264 valence electrons. The van der Waals surface area contributed by atoms with E-state index in [1.54, 1.807) is 0 Å². The maximum absolute atomic E-state index is 4.96. The molecule has 0 spiro atoms. The Morgan fingerprint density at radius 2 is 0.982 bits per heavy atom. The Bertz CT molecular complexity index is 3040. The standard InChI is InChI=1S/C53H37N3/c1-53(2)48-31-37(17-21-43(48)44-25-19-41(32-49(44)53)56(39-9-5-3-6-10-39)40-11-7-4-8-12-40)42-20-13-35-16-24-47-45(22-14-36-15-23-46(42)51(35)52(36)47)50-26-18-38(33-55-50)34-27-29-54-30-28-34/h3-33H,1-2H3. The van der Waals surface area contributed by atoms with E-state index in [9.17, 15) is 0 Å². The van der Waals surface area contributed by atoms with Crippen molar-refractivity contribution in [2.45, 2.75) is 19.3 Å². The molecule has 3 heteroatoms. The third-order valence-corrected chi connectivity index (χ3v) is 12.0. The Morgan fingerprint density at radius 3 is 1.62 bits per heavy atom. The van der Waals surface area contributed by atoms with Crippen LogP contribution < -0.4 is 4.90 Å². The van der Waals surface area contributed by atoms with Crippen LogP contribution in [0.25, 0.3) is 77.0 Å². The third-order valence-electron chi connectivity index (χ3n) is 12.0. The van der Waals surface area contributed by atoms with Crippen molar-refractivity contribution >= 4 is 49.4 Å². The molecule has 56 heavy (non-hydrogen) atoms. The number of rotatable bonds is 6. The minimum atomic E-state index is -0.186. The van der Waals surface area contributed by atoms with Crippen LogP contribution in [0.4, 0.5) is 17.1 Å². The number of aromatic nitrogens is 2. The van der Waals surface area contributed by atoms with E-state index in [0.29, 0.717) is 0 Å². The number of benzene rings is 8. The molecule has 10 aromatic rings. The first-order valence-electron chi connectivity index (χ1n) is 19.3. The van der Waals surface area contributed by atoms with E-state index in [1.807, 2.05) is 30.7 Å². The lowest BCUT2D eigenvalue weighted by Gasteiger charge is -2.28. The maximum Gasteiger partial charge on any atom is 0.0708 e. The predicted octanol–water partition coefficient (Wildman–Crippen LogP) is 14.2. The van der Waals surface area contributed by atoms with Gasteiger partial charge in [-0.05, 0) is 132 Å². The van der Waals surface area contributed by atoms with Crippen LogP contribution in [0.1, 0.15) is 25.0 Å². The van der Waals surface area contributed by atoms with Crippen LogP contribution >= 0.6 is 0 Å². The zero-order chi connectivity index (χ0) is 37.4. The predicted molar refractivity (Wildman–Crippen MR) is 234 cm³/mol. The highest BCUT2D eigenvalue weighted by molar-refractivity contribution is 6.27. The fourth-order valence-electron chi connectivity index (χ4n) is 9.18. The van der Waals surface area contributed by atoms with Crippen molar-refractivity contribution in [1.82, 2.24) is 9.97 Å². The summed E-state index contributed by atoms with van der Waals surface area (Å²) in [7, 11) is 0. The van der Waals surface area contributed by atoms with Crippen molar-refractivity contribution in [3.05, 3.63) is 200 Å². The zero-order valence-corrected chi connectivity index (χ0v) is 31.2. The highest BCUT2D eigenvalue weighted by Crippen LogP contribution is 2.52. The van der Waals surface area contributed by atoms with Gasteiger partial charge in [-0.1, -0.05) is 123 Å². The molecule has 1 aliphatic carbocycles. The molecule has 0 N–H and O–H groups in total. The van der Waals surface area contributed by atoms with Crippen LogP contribution in [0, 0.1) is 0 Å². The van der Waals surface area contributed by atoms with Gasteiger partial charge in [0.05, 0.1) is 5.69 Å². The molecular formula is C53H37N3. The summed E-state index contributed by atoms with van der Waals surface area (Å²) in [5, 5.41) is 7.60. The van der Waals surface area contributed by atoms with Gasteiger partial charge < -0.3 is 4.90 Å². The average Bonchev–Trinajstić information content (AvgIpc) is 3.48. The number of fused-ring (bicyclic) bond motifs is 3. The van der Waals surface area contributed by atoms with Crippen LogP contribution in [0.2, 0.25) is 0 Å². The van der Waals surface area contributed by atoms with E-state index in [4.69, 9.17) is 4.98 Å². The van der Waals surface area contributed by atoms with Gasteiger partial charge >= 0.3 is 0 Å². The zero-order valence-electron chi connectivity index (χ0n) is 31.2. The normalized spacial score (nSPS) is 13.0. The molecule has 11 rings (SSSR count). The van der Waals surface area contributed by atoms with Gasteiger partial charge in [-0.3, -0.25) is 9.97 Å². The molecule has 2 heterocycles. The molecule has 0 amide bonds. The van der Waals surface area contributed by atoms with Crippen LogP contribution in [0.5, 0.6) is 0 Å². The number of nitrogens with zero attached hydrogens (tertiary/aromatic N) is 3. The Hall–Kier alpha value is -7.10. The Morgan fingerprint density at radius 1 is 0.429 bits per heavy atom. The fourth-order valence-corrected chi connectivity index (χ4v) is 9.18. The number of pyridine rings is 2. The first-order valence-corrected chi connectivity index (χ1v) is 19.3. The molecule has 0 saturated carbocycles. The highest BCUT2D eigenvalue weighted by atomic mass is 15.1. The molecule has 3 nitrogen and oxygen atoms in total. The van der Waals surface area contributed by atoms with E-state index in [2.05, 4.69) is 181 Å². The van der Waals surface area contributed by atoms with Gasteiger partial charge in [-0.15, -0.1) is 0 Å². The largest absolute Gasteiger partial charge is 0.310 e. The van der Waals surface area contributed by atoms with Gasteiger partial charge in [-0.25, -0.2) is 0 Å². The van der Waals surface area contributed by atoms with Gasteiger partial charge in [0.15, 0.2) is 0 Å². The van der Waals surface area contributed by atoms with E-state index >= 15 is 0 Å². The number of hydrogen-bond donors (Lipinski definition) is 0. The smallest absolute Gasteiger partial charge is 0.0708 e. The Labute approximate surface area is 326 Å². The second-order valence-electron chi connectivity index (χ2n) is 15.4. The maximum atomic E-state index is 4.96. The summed E-state index contributed by atoms with van der Waals surface area (Å²) >= 11 is 0. The summed E-state index contributed by atoms with van der Waals surface area (Å²) in [6.45, 7) is 4.76. The molecule has 8 aromatic carbocycles. The van der Waals surface area contributed by atoms with Crippen LogP contribution in [-0.4, -0.2) is 9.97 Å². The summed E-state index contributed by atoms with van der Waals surface area (Å²) < 4.78 is 0. The Kier molecular flexibility index (Phi) is 7.20. The summed E-state index contributed by atoms with van der Waals surface area (Å²) in [6.07, 6.45) is 5.62.